The van der Waals surface area contributed by atoms with E-state index >= 15 is 0 Å². The van der Waals surface area contributed by atoms with Gasteiger partial charge >= 0.3 is 0 Å². The Hall–Kier alpha value is -1.00. The van der Waals surface area contributed by atoms with Crippen molar-refractivity contribution in [2.75, 3.05) is 27.2 Å². The molecule has 4 nitrogen and oxygen atoms in total. The number of nitrogens with zero attached hydrogens (tertiary/aromatic N) is 3. The molecule has 0 unspecified atom stereocenters. The third-order valence-electron chi connectivity index (χ3n) is 1.84. The molecule has 72 valence electrons. The second-order valence-corrected chi connectivity index (χ2v) is 3.09. The molecule has 4 heteroatoms. The van der Waals surface area contributed by atoms with Crippen LogP contribution in [-0.4, -0.2) is 42.3 Å². The third kappa shape index (κ3) is 3.96. The Morgan fingerprint density at radius 2 is 2.31 bits per heavy atom. The molecule has 0 aromatic carbocycles. The number of nitrogens with one attached hydrogen (secondary N) is 1. The Labute approximate surface area is 79.0 Å². The van der Waals surface area contributed by atoms with Gasteiger partial charge in [0.15, 0.2) is 0 Å². The lowest BCUT2D eigenvalue weighted by atomic mass is 10.3. The lowest BCUT2D eigenvalue weighted by Gasteiger charge is -2.15. The van der Waals surface area contributed by atoms with Crippen LogP contribution in [0, 0.1) is 0 Å². The van der Waals surface area contributed by atoms with Gasteiger partial charge < -0.3 is 10.2 Å². The van der Waals surface area contributed by atoms with Gasteiger partial charge in [0.1, 0.15) is 0 Å². The highest BCUT2D eigenvalue weighted by atomic mass is 15.1. The molecular weight excluding hydrogens is 164 g/mol. The molecule has 0 amide bonds. The molecule has 0 radical (unpaired) electrons. The zero-order valence-corrected chi connectivity index (χ0v) is 8.20. The van der Waals surface area contributed by atoms with E-state index in [1.807, 2.05) is 13.1 Å². The fourth-order valence-corrected chi connectivity index (χ4v) is 1.11. The highest BCUT2D eigenvalue weighted by molar-refractivity contribution is 5.04. The maximum Gasteiger partial charge on any atom is 0.0541 e. The van der Waals surface area contributed by atoms with Crippen LogP contribution in [0.4, 0.5) is 0 Å². The predicted molar refractivity (Wildman–Crippen MR) is 52.3 cm³/mol. The summed E-state index contributed by atoms with van der Waals surface area (Å²) in [6, 6.07) is 1.99. The van der Waals surface area contributed by atoms with Crippen LogP contribution in [0.15, 0.2) is 18.5 Å². The Balaban J connectivity index is 2.32. The molecule has 0 aliphatic carbocycles. The van der Waals surface area contributed by atoms with Gasteiger partial charge in [0.2, 0.25) is 0 Å². The van der Waals surface area contributed by atoms with E-state index in [0.717, 1.165) is 19.6 Å². The van der Waals surface area contributed by atoms with Crippen molar-refractivity contribution in [1.82, 2.24) is 20.4 Å². The van der Waals surface area contributed by atoms with Crippen LogP contribution in [-0.2, 0) is 6.54 Å². The van der Waals surface area contributed by atoms with Crippen molar-refractivity contribution in [1.29, 1.82) is 0 Å². The molecule has 0 saturated heterocycles. The Morgan fingerprint density at radius 1 is 1.46 bits per heavy atom. The van der Waals surface area contributed by atoms with Gasteiger partial charge in [-0.1, -0.05) is 0 Å². The zero-order chi connectivity index (χ0) is 9.52. The minimum atomic E-state index is 0.928. The van der Waals surface area contributed by atoms with Crippen LogP contribution in [0.2, 0.25) is 0 Å². The SMILES string of the molecule is CNCCN(C)Cc1ccnnc1. The van der Waals surface area contributed by atoms with Gasteiger partial charge in [-0.3, -0.25) is 0 Å². The van der Waals surface area contributed by atoms with Gasteiger partial charge in [-0.15, -0.1) is 0 Å². The van der Waals surface area contributed by atoms with Crippen LogP contribution in [0.1, 0.15) is 5.56 Å². The number of hydrogen-bond acceptors (Lipinski definition) is 4. The average molecular weight is 180 g/mol. The summed E-state index contributed by atoms with van der Waals surface area (Å²) >= 11 is 0. The first kappa shape index (κ1) is 10.1. The first-order valence-corrected chi connectivity index (χ1v) is 4.41. The summed E-state index contributed by atoms with van der Waals surface area (Å²) in [6.07, 6.45) is 3.52. The van der Waals surface area contributed by atoms with Crippen LogP contribution < -0.4 is 5.32 Å². The Bertz CT molecular complexity index is 224. The van der Waals surface area contributed by atoms with Crippen molar-refractivity contribution in [3.05, 3.63) is 24.0 Å². The summed E-state index contributed by atoms with van der Waals surface area (Å²) in [7, 11) is 4.06. The van der Waals surface area contributed by atoms with E-state index in [1.54, 1.807) is 12.4 Å². The highest BCUT2D eigenvalue weighted by Gasteiger charge is 1.98. The second kappa shape index (κ2) is 5.61. The summed E-state index contributed by atoms with van der Waals surface area (Å²) in [6.45, 7) is 2.98. The normalized spacial score (nSPS) is 10.7. The van der Waals surface area contributed by atoms with E-state index in [4.69, 9.17) is 0 Å². The Morgan fingerprint density at radius 3 is 2.92 bits per heavy atom. The Kier molecular flexibility index (Phi) is 4.35. The topological polar surface area (TPSA) is 41.0 Å². The lowest BCUT2D eigenvalue weighted by Crippen LogP contribution is -2.26. The van der Waals surface area contributed by atoms with E-state index in [2.05, 4.69) is 27.5 Å². The van der Waals surface area contributed by atoms with Crippen LogP contribution >= 0.6 is 0 Å². The molecule has 1 N–H and O–H groups in total. The summed E-state index contributed by atoms with van der Waals surface area (Å²) in [5, 5.41) is 10.7. The van der Waals surface area contributed by atoms with Crippen molar-refractivity contribution >= 4 is 0 Å². The molecule has 1 aromatic rings. The first-order chi connectivity index (χ1) is 6.33. The minimum Gasteiger partial charge on any atom is -0.318 e. The molecule has 0 aliphatic heterocycles. The lowest BCUT2D eigenvalue weighted by molar-refractivity contribution is 0.327. The minimum absolute atomic E-state index is 0.928. The van der Waals surface area contributed by atoms with Gasteiger partial charge in [-0.25, -0.2) is 0 Å². The van der Waals surface area contributed by atoms with Crippen LogP contribution in [0.25, 0.3) is 0 Å². The molecule has 0 aliphatic rings. The maximum atomic E-state index is 3.83. The fraction of sp³-hybridized carbons (Fsp3) is 0.556. The molecule has 1 aromatic heterocycles. The van der Waals surface area contributed by atoms with E-state index in [9.17, 15) is 0 Å². The van der Waals surface area contributed by atoms with Gasteiger partial charge in [0, 0.05) is 25.8 Å². The average Bonchev–Trinajstić information content (AvgIpc) is 2.16. The van der Waals surface area contributed by atoms with E-state index in [1.165, 1.54) is 5.56 Å². The number of likely N-dealkylation sites (N-methyl/N-ethyl adjacent to an activating group) is 2. The summed E-state index contributed by atoms with van der Waals surface area (Å²) in [5.74, 6) is 0. The first-order valence-electron chi connectivity index (χ1n) is 4.41. The summed E-state index contributed by atoms with van der Waals surface area (Å²) in [5.41, 5.74) is 1.20. The van der Waals surface area contributed by atoms with Crippen molar-refractivity contribution in [3.8, 4) is 0 Å². The standard InChI is InChI=1S/C9H16N4/c1-10-5-6-13(2)8-9-3-4-11-12-7-9/h3-4,7,10H,5-6,8H2,1-2H3. The molecule has 0 fully saturated rings. The molecule has 1 rings (SSSR count). The van der Waals surface area contributed by atoms with E-state index in [0.29, 0.717) is 0 Å². The van der Waals surface area contributed by atoms with Crippen molar-refractivity contribution in [3.63, 3.8) is 0 Å². The highest BCUT2D eigenvalue weighted by Crippen LogP contribution is 1.98. The molecule has 0 saturated carbocycles. The van der Waals surface area contributed by atoms with Gasteiger partial charge in [0.25, 0.3) is 0 Å². The van der Waals surface area contributed by atoms with Crippen LogP contribution in [0.5, 0.6) is 0 Å². The molecule has 0 spiro atoms. The van der Waals surface area contributed by atoms with Gasteiger partial charge in [-0.2, -0.15) is 10.2 Å². The number of aromatic nitrogens is 2. The summed E-state index contributed by atoms with van der Waals surface area (Å²) < 4.78 is 0. The zero-order valence-electron chi connectivity index (χ0n) is 8.20. The quantitative estimate of drug-likeness (QED) is 0.699. The molecule has 0 atom stereocenters. The van der Waals surface area contributed by atoms with E-state index < -0.39 is 0 Å². The van der Waals surface area contributed by atoms with Crippen LogP contribution in [0.3, 0.4) is 0 Å². The smallest absolute Gasteiger partial charge is 0.0541 e. The predicted octanol–water partition coefficient (Wildman–Crippen LogP) is 0.128. The molecule has 1 heterocycles. The molecule has 13 heavy (non-hydrogen) atoms. The molecule has 0 bridgehead atoms. The monoisotopic (exact) mass is 180 g/mol. The largest absolute Gasteiger partial charge is 0.318 e. The van der Waals surface area contributed by atoms with Crippen molar-refractivity contribution < 1.29 is 0 Å². The number of rotatable bonds is 5. The number of hydrogen-bond donors (Lipinski definition) is 1. The van der Waals surface area contributed by atoms with Crippen molar-refractivity contribution in [2.24, 2.45) is 0 Å². The van der Waals surface area contributed by atoms with Gasteiger partial charge in [-0.05, 0) is 25.7 Å². The van der Waals surface area contributed by atoms with E-state index in [-0.39, 0.29) is 0 Å². The van der Waals surface area contributed by atoms with Gasteiger partial charge in [0.05, 0.1) is 6.20 Å². The summed E-state index contributed by atoms with van der Waals surface area (Å²) in [4.78, 5) is 2.24. The third-order valence-corrected chi connectivity index (χ3v) is 1.84. The second-order valence-electron chi connectivity index (χ2n) is 3.09. The maximum absolute atomic E-state index is 3.83. The van der Waals surface area contributed by atoms with Crippen molar-refractivity contribution in [2.45, 2.75) is 6.54 Å². The molecular formula is C9H16N4. The fourth-order valence-electron chi connectivity index (χ4n) is 1.11.